The average Bonchev–Trinajstić information content (AvgIpc) is 4.22. The van der Waals surface area contributed by atoms with Gasteiger partial charge in [-0.25, -0.2) is 39.9 Å². The number of aliphatic imine (C=N–C) groups is 8. The second kappa shape index (κ2) is 62.8. The van der Waals surface area contributed by atoms with Crippen LogP contribution in [0.25, 0.3) is 0 Å². The molecule has 0 spiro atoms. The summed E-state index contributed by atoms with van der Waals surface area (Å²) in [5, 5.41) is 66.4. The normalized spacial score (nSPS) is 21.2. The molecule has 0 aromatic heterocycles. The number of hydrogen-bond donors (Lipinski definition) is 8. The van der Waals surface area contributed by atoms with Crippen molar-refractivity contribution in [2.45, 2.75) is 107 Å². The number of halogens is 4. The van der Waals surface area contributed by atoms with E-state index in [1.165, 1.54) is 143 Å². The monoisotopic (exact) mass is 1140 g/mol. The molecule has 24 nitrogen and oxygen atoms in total. The van der Waals surface area contributed by atoms with Crippen LogP contribution >= 0.6 is 0 Å². The molecule has 8 aliphatic heterocycles. The Bertz CT molecular complexity index is 1430. The summed E-state index contributed by atoms with van der Waals surface area (Å²) in [7, 11) is -12.7. The molecule has 8 N–H and O–H groups in total. The Hall–Kier alpha value is -5.38. The summed E-state index contributed by atoms with van der Waals surface area (Å²) >= 11 is 0. The number of nitrogens with one attached hydrogen (secondary N) is 8. The first-order valence-electron chi connectivity index (χ1n) is 26.7. The van der Waals surface area contributed by atoms with E-state index in [9.17, 15) is 17.3 Å². The number of nitrogens with zero attached hydrogens (tertiary/aromatic N) is 8. The topological polar surface area (TPSA) is 319 Å². The minimum atomic E-state index is -3.17. The fourth-order valence-corrected chi connectivity index (χ4v) is 6.06. The molecule has 8 atom stereocenters. The van der Waals surface area contributed by atoms with Gasteiger partial charge in [-0.1, -0.05) is 55.4 Å². The molecule has 8 aliphatic rings. The van der Waals surface area contributed by atoms with Crippen molar-refractivity contribution in [1.82, 2.24) is 0 Å². The summed E-state index contributed by atoms with van der Waals surface area (Å²) in [6, 6.07) is 0. The molecule has 0 saturated carbocycles. The molecule has 0 aromatic carbocycles. The Morgan fingerprint density at radius 1 is 0.237 bits per heavy atom. The fraction of sp³-hybridized carbons (Fsp3) is 0.500. The molecule has 8 rings (SSSR count). The van der Waals surface area contributed by atoms with Gasteiger partial charge in [0.05, 0.1) is 102 Å². The smallest absolute Gasteiger partial charge is 0.193 e. The second-order valence-electron chi connectivity index (χ2n) is 16.4. The zero-order valence-corrected chi connectivity index (χ0v) is 47.8. The van der Waals surface area contributed by atoms with Crippen molar-refractivity contribution >= 4 is 80.3 Å². The Kier molecular flexibility index (Phi) is 63.7. The van der Waals surface area contributed by atoms with Crippen molar-refractivity contribution in [2.75, 3.05) is 52.4 Å². The van der Waals surface area contributed by atoms with E-state index in [1.807, 2.05) is 100 Å². The van der Waals surface area contributed by atoms with Gasteiger partial charge in [-0.2, -0.15) is 0 Å². The third-order valence-corrected chi connectivity index (χ3v) is 9.23. The highest BCUT2D eigenvalue weighted by molar-refractivity contribution is 6.27. The molecule has 8 unspecified atom stereocenters. The molecule has 0 bridgehead atoms. The van der Waals surface area contributed by atoms with Crippen LogP contribution in [0.5, 0.6) is 0 Å². The molecule has 0 saturated heterocycles. The van der Waals surface area contributed by atoms with E-state index >= 15 is 0 Å². The second-order valence-corrected chi connectivity index (χ2v) is 16.4. The van der Waals surface area contributed by atoms with E-state index in [4.69, 9.17) is 40.2 Å². The highest BCUT2D eigenvalue weighted by Crippen LogP contribution is 1.77. The predicted molar refractivity (Wildman–Crippen MR) is 297 cm³/mol. The molecule has 0 amide bonds. The van der Waals surface area contributed by atoms with Crippen LogP contribution in [-0.2, 0) is 0 Å². The molecule has 80 heavy (non-hydrogen) atoms. The number of quaternary nitrogens is 8. The van der Waals surface area contributed by atoms with Gasteiger partial charge in [0.15, 0.2) is 50.7 Å². The van der Waals surface area contributed by atoms with Crippen molar-refractivity contribution < 1.29 is 96.7 Å². The zero-order valence-electron chi connectivity index (χ0n) is 47.8. The van der Waals surface area contributed by atoms with Crippen molar-refractivity contribution in [3.8, 4) is 0 Å². The van der Waals surface area contributed by atoms with Crippen molar-refractivity contribution in [3.05, 3.63) is 99.2 Å². The molecular formula is C48H88B4F4N16O8. The lowest BCUT2D eigenvalue weighted by atomic mass is 10.3. The van der Waals surface area contributed by atoms with E-state index in [0.717, 1.165) is 0 Å². The maximum absolute atomic E-state index is 9.89. The summed E-state index contributed by atoms with van der Waals surface area (Å²) in [6.45, 7) is 26.7. The highest BCUT2D eigenvalue weighted by Gasteiger charge is 2.05. The number of hydrogen-bond acceptors (Lipinski definition) is 16. The van der Waals surface area contributed by atoms with Crippen LogP contribution < -0.4 is 79.4 Å². The maximum atomic E-state index is 9.89. The molecule has 448 valence electrons. The van der Waals surface area contributed by atoms with Crippen molar-refractivity contribution in [2.24, 2.45) is 39.9 Å². The van der Waals surface area contributed by atoms with Gasteiger partial charge in [0.25, 0.3) is 0 Å². The lowest BCUT2D eigenvalue weighted by Crippen LogP contribution is -3.05. The van der Waals surface area contributed by atoms with E-state index in [-0.39, 0.29) is 0 Å². The SMILES string of the molecule is CCC[NH+]1C=CN=C1.CCC[NH+]1C=CN=C1.CCC[NH+]1C=CN=C1.CCC[NH+]1C=CN=C1.CCC[NH+]1C=CN=C1.CCC[NH+]1C=CN=C1.CCC[NH+]1C=CN=C1.CCC[NH+]1C=CN=C1.[O-]B([O-])F.[O-]B([O-])F.[O-]B([O-])F.[O-]B([O-])F. The summed E-state index contributed by atoms with van der Waals surface area (Å²) < 4.78 is 39.6. The van der Waals surface area contributed by atoms with Crippen molar-refractivity contribution in [1.29, 1.82) is 0 Å². The molecule has 32 heteroatoms. The van der Waals surface area contributed by atoms with Gasteiger partial charge in [-0.05, 0) is 51.4 Å². The zero-order chi connectivity index (χ0) is 60.9. The van der Waals surface area contributed by atoms with Crippen LogP contribution in [0.2, 0.25) is 0 Å². The quantitative estimate of drug-likeness (QED) is 0.0541. The standard InChI is InChI=1S/8C6H10N2.4BFO2/c8*1-2-4-8-5-3-7-6-8;4*2-1(3)4/h8*3,5-6H,2,4H2,1H3;;;;/q;;;;;;;;4*-2/p+8. The van der Waals surface area contributed by atoms with Gasteiger partial charge in [-0.3, -0.25) is 39.2 Å². The van der Waals surface area contributed by atoms with Crippen LogP contribution in [0.3, 0.4) is 0 Å². The van der Waals surface area contributed by atoms with Gasteiger partial charge < -0.3 is 57.5 Å². The van der Waals surface area contributed by atoms with Crippen LogP contribution in [0.1, 0.15) is 107 Å². The number of rotatable bonds is 16. The largest absolute Gasteiger partial charge is 0.867 e. The average molecular weight is 1140 g/mol. The van der Waals surface area contributed by atoms with Gasteiger partial charge in [0.2, 0.25) is 0 Å². The first kappa shape index (κ1) is 81.1. The lowest BCUT2D eigenvalue weighted by Gasteiger charge is -2.09. The van der Waals surface area contributed by atoms with Gasteiger partial charge in [0, 0.05) is 0 Å². The molecule has 0 radical (unpaired) electrons. The van der Waals surface area contributed by atoms with Crippen LogP contribution in [-0.4, -0.2) is 133 Å². The Labute approximate surface area is 473 Å². The van der Waals surface area contributed by atoms with Crippen LogP contribution in [0.4, 0.5) is 17.3 Å². The third-order valence-electron chi connectivity index (χ3n) is 9.23. The summed E-state index contributed by atoms with van der Waals surface area (Å²) in [5.74, 6) is 0. The van der Waals surface area contributed by atoms with Crippen LogP contribution in [0.15, 0.2) is 139 Å². The Balaban J connectivity index is -0.000000398. The molecule has 0 aliphatic carbocycles. The first-order chi connectivity index (χ1) is 38.4. The third kappa shape index (κ3) is 66.9. The minimum Gasteiger partial charge on any atom is -0.867 e. The molecule has 0 fully saturated rings. The lowest BCUT2D eigenvalue weighted by molar-refractivity contribution is -0.736. The van der Waals surface area contributed by atoms with E-state index < -0.39 is 29.6 Å². The summed E-state index contributed by atoms with van der Waals surface area (Å²) in [6.07, 6.45) is 56.3. The van der Waals surface area contributed by atoms with Crippen LogP contribution in [0, 0.1) is 0 Å². The van der Waals surface area contributed by atoms with E-state index in [0.29, 0.717) is 0 Å². The Morgan fingerprint density at radius 3 is 0.375 bits per heavy atom. The molecule has 0 aromatic rings. The summed E-state index contributed by atoms with van der Waals surface area (Å²) in [5.41, 5.74) is 0. The van der Waals surface area contributed by atoms with Crippen molar-refractivity contribution in [3.63, 3.8) is 0 Å². The van der Waals surface area contributed by atoms with E-state index in [1.54, 1.807) is 0 Å². The molecule has 8 heterocycles. The van der Waals surface area contributed by atoms with Gasteiger partial charge in [0.1, 0.15) is 79.2 Å². The van der Waals surface area contributed by atoms with Gasteiger partial charge in [-0.15, -0.1) is 0 Å². The van der Waals surface area contributed by atoms with E-state index in [2.05, 4.69) is 145 Å². The summed E-state index contributed by atoms with van der Waals surface area (Å²) in [4.78, 5) is 42.4. The Morgan fingerprint density at radius 2 is 0.325 bits per heavy atom. The van der Waals surface area contributed by atoms with Gasteiger partial charge >= 0.3 is 0 Å². The fourth-order valence-electron chi connectivity index (χ4n) is 6.06. The maximum Gasteiger partial charge on any atom is 0.193 e. The predicted octanol–water partition coefficient (Wildman–Crippen LogP) is -11.0. The molecular weight excluding hydrogens is 1050 g/mol. The highest BCUT2D eigenvalue weighted by atomic mass is 19.1. The first-order valence-corrected chi connectivity index (χ1v) is 26.7. The minimum absolute atomic E-state index is 1.17.